The highest BCUT2D eigenvalue weighted by atomic mass is 16.5. The van der Waals surface area contributed by atoms with Crippen molar-refractivity contribution in [2.24, 2.45) is 0 Å². The van der Waals surface area contributed by atoms with Gasteiger partial charge in [-0.15, -0.1) is 0 Å². The molecule has 1 N–H and O–H groups in total. The summed E-state index contributed by atoms with van der Waals surface area (Å²) in [6.45, 7) is 7.79. The Kier molecular flexibility index (Phi) is 6.82. The highest BCUT2D eigenvalue weighted by molar-refractivity contribution is 5.93. The van der Waals surface area contributed by atoms with E-state index in [9.17, 15) is 4.79 Å². The van der Waals surface area contributed by atoms with Crippen molar-refractivity contribution in [2.75, 3.05) is 26.7 Å². The first-order valence-electron chi connectivity index (χ1n) is 11.1. The summed E-state index contributed by atoms with van der Waals surface area (Å²) in [6.07, 6.45) is 6.33. The van der Waals surface area contributed by atoms with Crippen molar-refractivity contribution in [3.05, 3.63) is 75.7 Å². The number of esters is 1. The summed E-state index contributed by atoms with van der Waals surface area (Å²) in [5, 5.41) is 16.8. The summed E-state index contributed by atoms with van der Waals surface area (Å²) in [5.41, 5.74) is 6.67. The Morgan fingerprint density at radius 3 is 2.88 bits per heavy atom. The third kappa shape index (κ3) is 4.95. The van der Waals surface area contributed by atoms with E-state index in [4.69, 9.17) is 10.00 Å². The van der Waals surface area contributed by atoms with Crippen molar-refractivity contribution in [3.8, 4) is 11.9 Å². The van der Waals surface area contributed by atoms with Crippen LogP contribution in [0.2, 0.25) is 0 Å². The molecule has 8 heteroatoms. The molecule has 33 heavy (non-hydrogen) atoms. The van der Waals surface area contributed by atoms with Gasteiger partial charge in [-0.2, -0.15) is 10.4 Å². The van der Waals surface area contributed by atoms with Gasteiger partial charge in [0.15, 0.2) is 5.82 Å². The van der Waals surface area contributed by atoms with Crippen molar-refractivity contribution >= 4 is 5.97 Å². The Balaban J connectivity index is 1.45. The molecule has 8 nitrogen and oxygen atoms in total. The van der Waals surface area contributed by atoms with Gasteiger partial charge in [-0.1, -0.05) is 6.07 Å². The molecular weight excluding hydrogens is 416 g/mol. The summed E-state index contributed by atoms with van der Waals surface area (Å²) < 4.78 is 6.94. The molecule has 0 saturated carbocycles. The van der Waals surface area contributed by atoms with E-state index < -0.39 is 0 Å². The molecular formula is C25H28N6O2. The number of nitriles is 1. The zero-order valence-corrected chi connectivity index (χ0v) is 19.3. The van der Waals surface area contributed by atoms with E-state index in [1.165, 1.54) is 5.56 Å². The Hall–Kier alpha value is -3.54. The van der Waals surface area contributed by atoms with Crippen LogP contribution in [0.5, 0.6) is 0 Å². The van der Waals surface area contributed by atoms with Crippen LogP contribution in [0.3, 0.4) is 0 Å². The molecule has 1 aliphatic rings. The van der Waals surface area contributed by atoms with Gasteiger partial charge in [0, 0.05) is 49.7 Å². The zero-order valence-electron chi connectivity index (χ0n) is 19.3. The molecule has 1 aromatic carbocycles. The van der Waals surface area contributed by atoms with Gasteiger partial charge in [0.05, 0.1) is 17.3 Å². The summed E-state index contributed by atoms with van der Waals surface area (Å²) in [4.78, 5) is 18.6. The SMILES string of the molecule is CNCCN(CCc1ccc2c(c1C)COC2=O)Cc1cnn(-c2cc(C)c(C#N)cn2)c1. The van der Waals surface area contributed by atoms with E-state index in [2.05, 4.69) is 33.3 Å². The van der Waals surface area contributed by atoms with Crippen LogP contribution >= 0.6 is 0 Å². The Labute approximate surface area is 193 Å². The van der Waals surface area contributed by atoms with Gasteiger partial charge < -0.3 is 10.1 Å². The fourth-order valence-electron chi connectivity index (χ4n) is 4.10. The maximum absolute atomic E-state index is 11.8. The van der Waals surface area contributed by atoms with Gasteiger partial charge in [0.2, 0.25) is 0 Å². The fourth-order valence-corrected chi connectivity index (χ4v) is 4.10. The second-order valence-electron chi connectivity index (χ2n) is 8.34. The number of aryl methyl sites for hydroxylation is 1. The van der Waals surface area contributed by atoms with Crippen LogP contribution in [0.4, 0.5) is 0 Å². The first-order chi connectivity index (χ1) is 16.0. The maximum Gasteiger partial charge on any atom is 0.338 e. The summed E-state index contributed by atoms with van der Waals surface area (Å²) >= 11 is 0. The number of rotatable bonds is 9. The second-order valence-corrected chi connectivity index (χ2v) is 8.34. The molecule has 0 radical (unpaired) electrons. The third-order valence-electron chi connectivity index (χ3n) is 6.15. The van der Waals surface area contributed by atoms with Gasteiger partial charge >= 0.3 is 5.97 Å². The Bertz CT molecular complexity index is 1210. The van der Waals surface area contributed by atoms with E-state index >= 15 is 0 Å². The molecule has 0 bridgehead atoms. The maximum atomic E-state index is 11.8. The van der Waals surface area contributed by atoms with Gasteiger partial charge in [0.1, 0.15) is 12.7 Å². The van der Waals surface area contributed by atoms with Crippen LogP contribution in [0.25, 0.3) is 5.82 Å². The Morgan fingerprint density at radius 1 is 1.27 bits per heavy atom. The second kappa shape index (κ2) is 9.94. The molecule has 0 aliphatic carbocycles. The Morgan fingerprint density at radius 2 is 2.12 bits per heavy atom. The number of pyridine rings is 1. The monoisotopic (exact) mass is 444 g/mol. The van der Waals surface area contributed by atoms with E-state index in [0.29, 0.717) is 23.6 Å². The third-order valence-corrected chi connectivity index (χ3v) is 6.15. The highest BCUT2D eigenvalue weighted by Crippen LogP contribution is 2.26. The predicted octanol–water partition coefficient (Wildman–Crippen LogP) is 2.69. The lowest BCUT2D eigenvalue weighted by Crippen LogP contribution is -2.32. The fraction of sp³-hybridized carbons (Fsp3) is 0.360. The number of aromatic nitrogens is 3. The number of fused-ring (bicyclic) bond motifs is 1. The van der Waals surface area contributed by atoms with E-state index in [1.54, 1.807) is 10.9 Å². The number of benzene rings is 1. The van der Waals surface area contributed by atoms with E-state index in [-0.39, 0.29) is 5.97 Å². The largest absolute Gasteiger partial charge is 0.457 e. The molecule has 0 spiro atoms. The van der Waals surface area contributed by atoms with E-state index in [1.807, 2.05) is 44.6 Å². The molecule has 4 rings (SSSR count). The molecule has 2 aromatic heterocycles. The number of nitrogens with one attached hydrogen (secondary N) is 1. The molecule has 0 atom stereocenters. The summed E-state index contributed by atoms with van der Waals surface area (Å²) in [5.74, 6) is 0.476. The molecule has 0 amide bonds. The number of cyclic esters (lactones) is 1. The molecule has 0 saturated heterocycles. The van der Waals surface area contributed by atoms with Crippen molar-refractivity contribution in [2.45, 2.75) is 33.4 Å². The minimum absolute atomic E-state index is 0.223. The number of ether oxygens (including phenoxy) is 1. The first kappa shape index (κ1) is 22.6. The molecule has 170 valence electrons. The van der Waals surface area contributed by atoms with Crippen molar-refractivity contribution in [1.82, 2.24) is 25.0 Å². The van der Waals surface area contributed by atoms with Gasteiger partial charge in [-0.25, -0.2) is 14.5 Å². The van der Waals surface area contributed by atoms with Gasteiger partial charge in [-0.3, -0.25) is 4.90 Å². The molecule has 0 fully saturated rings. The topological polar surface area (TPSA) is 96.1 Å². The number of likely N-dealkylation sites (N-methyl/N-ethyl adjacent to an activating group) is 1. The van der Waals surface area contributed by atoms with Gasteiger partial charge in [0.25, 0.3) is 0 Å². The first-order valence-corrected chi connectivity index (χ1v) is 11.1. The predicted molar refractivity (Wildman–Crippen MR) is 124 cm³/mol. The minimum atomic E-state index is -0.223. The quantitative estimate of drug-likeness (QED) is 0.507. The number of hydrogen-bond donors (Lipinski definition) is 1. The van der Waals surface area contributed by atoms with Crippen LogP contribution in [-0.2, 0) is 24.3 Å². The van der Waals surface area contributed by atoms with E-state index in [0.717, 1.165) is 54.9 Å². The molecule has 3 aromatic rings. The average Bonchev–Trinajstić information content (AvgIpc) is 3.44. The smallest absolute Gasteiger partial charge is 0.338 e. The lowest BCUT2D eigenvalue weighted by atomic mass is 9.96. The average molecular weight is 445 g/mol. The van der Waals surface area contributed by atoms with Crippen LogP contribution in [-0.4, -0.2) is 52.3 Å². The van der Waals surface area contributed by atoms with Crippen LogP contribution in [0.1, 0.15) is 43.7 Å². The summed E-state index contributed by atoms with van der Waals surface area (Å²) in [7, 11) is 1.96. The van der Waals surface area contributed by atoms with Crippen molar-refractivity contribution in [3.63, 3.8) is 0 Å². The molecule has 0 unspecified atom stereocenters. The van der Waals surface area contributed by atoms with Crippen molar-refractivity contribution in [1.29, 1.82) is 5.26 Å². The van der Waals surface area contributed by atoms with Crippen molar-refractivity contribution < 1.29 is 9.53 Å². The summed E-state index contributed by atoms with van der Waals surface area (Å²) in [6, 6.07) is 7.96. The highest BCUT2D eigenvalue weighted by Gasteiger charge is 2.24. The number of nitrogens with zero attached hydrogens (tertiary/aromatic N) is 5. The number of carbonyl (C=O) groups excluding carboxylic acids is 1. The van der Waals surface area contributed by atoms with Gasteiger partial charge in [-0.05, 0) is 56.1 Å². The van der Waals surface area contributed by atoms with Crippen LogP contribution in [0.15, 0.2) is 36.8 Å². The minimum Gasteiger partial charge on any atom is -0.457 e. The van der Waals surface area contributed by atoms with Crippen LogP contribution in [0, 0.1) is 25.2 Å². The van der Waals surface area contributed by atoms with Crippen LogP contribution < -0.4 is 5.32 Å². The normalized spacial score (nSPS) is 12.6. The zero-order chi connectivity index (χ0) is 23.4. The molecule has 1 aliphatic heterocycles. The standard InChI is InChI=1S/C25H28N6O2/c1-17-10-24(28-13-21(17)11-26)31-15-19(12-29-31)14-30(9-7-27-3)8-6-20-4-5-22-23(18(20)2)16-33-25(22)32/h4-5,10,12-13,15,27H,6-9,14,16H2,1-3H3. The molecule has 3 heterocycles. The number of carbonyl (C=O) groups is 1. The lowest BCUT2D eigenvalue weighted by molar-refractivity contribution is 0.0535. The number of hydrogen-bond acceptors (Lipinski definition) is 7. The lowest BCUT2D eigenvalue weighted by Gasteiger charge is -2.22.